The lowest BCUT2D eigenvalue weighted by Gasteiger charge is -2.34. The van der Waals surface area contributed by atoms with E-state index in [2.05, 4.69) is 0 Å². The van der Waals surface area contributed by atoms with Crippen LogP contribution in [-0.2, 0) is 20.0 Å². The molecule has 8 nitrogen and oxygen atoms in total. The molecule has 32 heavy (non-hydrogen) atoms. The molecule has 2 aliphatic rings. The minimum atomic E-state index is -1.17. The fourth-order valence-corrected chi connectivity index (χ4v) is 4.87. The predicted octanol–water partition coefficient (Wildman–Crippen LogP) is 3.85. The summed E-state index contributed by atoms with van der Waals surface area (Å²) in [4.78, 5) is 0. The molecule has 2 aromatic carbocycles. The summed E-state index contributed by atoms with van der Waals surface area (Å²) >= 11 is 0. The van der Waals surface area contributed by atoms with Gasteiger partial charge in [0, 0.05) is 12.7 Å². The van der Waals surface area contributed by atoms with Crippen molar-refractivity contribution in [2.24, 2.45) is 0 Å². The molecule has 0 unspecified atom stereocenters. The lowest BCUT2D eigenvalue weighted by molar-refractivity contribution is -0.279. The minimum absolute atomic E-state index is 0.464. The molecule has 0 aromatic heterocycles. The van der Waals surface area contributed by atoms with E-state index in [-0.39, 0.29) is 0 Å². The second-order valence-corrected chi connectivity index (χ2v) is 8.09. The molecule has 0 saturated carbocycles. The number of benzene rings is 2. The van der Waals surface area contributed by atoms with E-state index in [9.17, 15) is 0 Å². The van der Waals surface area contributed by atoms with Gasteiger partial charge in [0.25, 0.3) is 0 Å². The molecule has 0 radical (unpaired) electrons. The fourth-order valence-electron chi connectivity index (χ4n) is 4.87. The standard InChI is InChI=1S/C24H30O8/c1-22-21(14-11-18(27-5)20(29-7)19(12-14)28-6)31-24(30-8,23(22,2)32-22)15-9-10-16(25-3)17(13-15)26-4/h9-13,21H,1-8H3/t21-,22+,23+,24-/m0/s1. The molecule has 2 heterocycles. The van der Waals surface area contributed by atoms with Crippen LogP contribution in [0.25, 0.3) is 0 Å². The minimum Gasteiger partial charge on any atom is -0.493 e. The van der Waals surface area contributed by atoms with E-state index in [0.717, 1.165) is 11.1 Å². The van der Waals surface area contributed by atoms with Gasteiger partial charge in [0.05, 0.1) is 35.5 Å². The zero-order valence-corrected chi connectivity index (χ0v) is 19.7. The number of epoxide rings is 1. The van der Waals surface area contributed by atoms with E-state index < -0.39 is 23.1 Å². The molecule has 0 amide bonds. The second-order valence-electron chi connectivity index (χ2n) is 8.09. The third-order valence-corrected chi connectivity index (χ3v) is 6.77. The van der Waals surface area contributed by atoms with Crippen molar-refractivity contribution in [3.63, 3.8) is 0 Å². The SMILES string of the molecule is COc1ccc([C@]2(OC)O[C@@H](c3cc(OC)c(OC)c(OC)c3)[C@@]3(C)O[C@@]23C)cc1OC. The van der Waals surface area contributed by atoms with Crippen molar-refractivity contribution < 1.29 is 37.9 Å². The first kappa shape index (κ1) is 22.5. The van der Waals surface area contributed by atoms with E-state index in [0.29, 0.717) is 28.7 Å². The summed E-state index contributed by atoms with van der Waals surface area (Å²) < 4.78 is 46.5. The zero-order valence-electron chi connectivity index (χ0n) is 19.7. The second kappa shape index (κ2) is 7.72. The highest BCUT2D eigenvalue weighted by atomic mass is 16.8. The summed E-state index contributed by atoms with van der Waals surface area (Å²) in [6, 6.07) is 9.33. The molecule has 2 saturated heterocycles. The van der Waals surface area contributed by atoms with Gasteiger partial charge in [-0.2, -0.15) is 0 Å². The Morgan fingerprint density at radius 1 is 0.719 bits per heavy atom. The van der Waals surface area contributed by atoms with Crippen LogP contribution < -0.4 is 23.7 Å². The van der Waals surface area contributed by atoms with Crippen molar-refractivity contribution in [3.05, 3.63) is 41.5 Å². The van der Waals surface area contributed by atoms with Crippen LogP contribution in [0.2, 0.25) is 0 Å². The lowest BCUT2D eigenvalue weighted by Crippen LogP contribution is -2.42. The van der Waals surface area contributed by atoms with Crippen LogP contribution >= 0.6 is 0 Å². The summed E-state index contributed by atoms with van der Waals surface area (Å²) in [5, 5.41) is 0. The molecule has 4 atom stereocenters. The van der Waals surface area contributed by atoms with Gasteiger partial charge >= 0.3 is 0 Å². The molecule has 0 aliphatic carbocycles. The quantitative estimate of drug-likeness (QED) is 0.566. The van der Waals surface area contributed by atoms with E-state index in [1.165, 1.54) is 0 Å². The monoisotopic (exact) mass is 446 g/mol. The predicted molar refractivity (Wildman–Crippen MR) is 116 cm³/mol. The number of rotatable bonds is 8. The van der Waals surface area contributed by atoms with Crippen molar-refractivity contribution >= 4 is 0 Å². The third-order valence-electron chi connectivity index (χ3n) is 6.77. The first-order chi connectivity index (χ1) is 15.3. The van der Waals surface area contributed by atoms with Gasteiger partial charge in [0.1, 0.15) is 11.7 Å². The molecule has 8 heteroatoms. The summed E-state index contributed by atoms with van der Waals surface area (Å²) in [5.74, 6) is 1.61. The highest BCUT2D eigenvalue weighted by Gasteiger charge is 2.85. The van der Waals surface area contributed by atoms with Crippen LogP contribution in [0, 0.1) is 0 Å². The Balaban J connectivity index is 1.83. The molecule has 2 aromatic rings. The van der Waals surface area contributed by atoms with Gasteiger partial charge in [0.15, 0.2) is 28.6 Å². The van der Waals surface area contributed by atoms with Crippen molar-refractivity contribution in [2.75, 3.05) is 42.7 Å². The molecular weight excluding hydrogens is 416 g/mol. The maximum atomic E-state index is 6.69. The summed E-state index contributed by atoms with van der Waals surface area (Å²) in [6.45, 7) is 4.01. The van der Waals surface area contributed by atoms with Crippen molar-refractivity contribution in [1.82, 2.24) is 0 Å². The Morgan fingerprint density at radius 2 is 1.31 bits per heavy atom. The Hall–Kier alpha value is -2.68. The van der Waals surface area contributed by atoms with E-state index in [4.69, 9.17) is 37.9 Å². The number of fused-ring (bicyclic) bond motifs is 1. The number of ether oxygens (including phenoxy) is 8. The van der Waals surface area contributed by atoms with E-state index >= 15 is 0 Å². The number of hydrogen-bond donors (Lipinski definition) is 0. The molecule has 0 spiro atoms. The molecule has 174 valence electrons. The highest BCUT2D eigenvalue weighted by Crippen LogP contribution is 2.72. The van der Waals surface area contributed by atoms with Crippen LogP contribution in [0.5, 0.6) is 28.7 Å². The average molecular weight is 446 g/mol. The summed E-state index contributed by atoms with van der Waals surface area (Å²) in [5.41, 5.74) is 0.184. The fraction of sp³-hybridized carbons (Fsp3) is 0.500. The van der Waals surface area contributed by atoms with Crippen molar-refractivity contribution in [2.45, 2.75) is 36.9 Å². The average Bonchev–Trinajstić information content (AvgIpc) is 3.34. The highest BCUT2D eigenvalue weighted by molar-refractivity contribution is 5.56. The van der Waals surface area contributed by atoms with Gasteiger partial charge < -0.3 is 37.9 Å². The van der Waals surface area contributed by atoms with Crippen LogP contribution in [0.1, 0.15) is 31.1 Å². The first-order valence-electron chi connectivity index (χ1n) is 10.2. The van der Waals surface area contributed by atoms with Crippen molar-refractivity contribution in [3.8, 4) is 28.7 Å². The molecule has 4 rings (SSSR count). The van der Waals surface area contributed by atoms with Crippen LogP contribution in [0.4, 0.5) is 0 Å². The van der Waals surface area contributed by atoms with Gasteiger partial charge in [-0.05, 0) is 49.7 Å². The van der Waals surface area contributed by atoms with Gasteiger partial charge in [0.2, 0.25) is 11.5 Å². The Kier molecular flexibility index (Phi) is 5.43. The molecule has 2 fully saturated rings. The van der Waals surface area contributed by atoms with E-state index in [1.807, 2.05) is 44.2 Å². The maximum Gasteiger partial charge on any atom is 0.228 e. The van der Waals surface area contributed by atoms with Gasteiger partial charge in [-0.1, -0.05) is 0 Å². The van der Waals surface area contributed by atoms with Gasteiger partial charge in [-0.15, -0.1) is 0 Å². The van der Waals surface area contributed by atoms with Crippen LogP contribution in [-0.4, -0.2) is 53.9 Å². The molecule has 0 bridgehead atoms. The Bertz CT molecular complexity index is 998. The molecular formula is C24H30O8. The number of hydrogen-bond acceptors (Lipinski definition) is 8. The topological polar surface area (TPSA) is 77.1 Å². The van der Waals surface area contributed by atoms with Crippen LogP contribution in [0.3, 0.4) is 0 Å². The summed E-state index contributed by atoms with van der Waals surface area (Å²) in [7, 11) is 9.54. The van der Waals surface area contributed by atoms with E-state index in [1.54, 1.807) is 42.7 Å². The summed E-state index contributed by atoms with van der Waals surface area (Å²) in [6.07, 6.45) is -0.464. The smallest absolute Gasteiger partial charge is 0.228 e. The normalized spacial score (nSPS) is 30.4. The molecule has 2 aliphatic heterocycles. The number of methoxy groups -OCH3 is 6. The third kappa shape index (κ3) is 2.79. The Morgan fingerprint density at radius 3 is 1.81 bits per heavy atom. The van der Waals surface area contributed by atoms with Crippen LogP contribution in [0.15, 0.2) is 30.3 Å². The largest absolute Gasteiger partial charge is 0.493 e. The zero-order chi connectivity index (χ0) is 23.3. The van der Waals surface area contributed by atoms with Gasteiger partial charge in [-0.25, -0.2) is 0 Å². The first-order valence-corrected chi connectivity index (χ1v) is 10.2. The van der Waals surface area contributed by atoms with Crippen molar-refractivity contribution in [1.29, 1.82) is 0 Å². The molecule has 0 N–H and O–H groups in total. The lowest BCUT2D eigenvalue weighted by atomic mass is 9.83. The Labute approximate surface area is 188 Å². The maximum absolute atomic E-state index is 6.69. The van der Waals surface area contributed by atoms with Gasteiger partial charge in [-0.3, -0.25) is 0 Å².